The third kappa shape index (κ3) is 3.54. The van der Waals surface area contributed by atoms with E-state index in [1.54, 1.807) is 0 Å². The van der Waals surface area contributed by atoms with Crippen LogP contribution >= 0.6 is 0 Å². The molecule has 0 bridgehead atoms. The number of fused-ring (bicyclic) bond motifs is 1. The van der Waals surface area contributed by atoms with E-state index >= 15 is 0 Å². The van der Waals surface area contributed by atoms with Crippen molar-refractivity contribution >= 4 is 0 Å². The van der Waals surface area contributed by atoms with E-state index in [9.17, 15) is 5.11 Å². The fourth-order valence-electron chi connectivity index (χ4n) is 2.40. The Morgan fingerprint density at radius 2 is 2.11 bits per heavy atom. The highest BCUT2D eigenvalue weighted by Crippen LogP contribution is 2.20. The zero-order chi connectivity index (χ0) is 13.9. The van der Waals surface area contributed by atoms with Crippen molar-refractivity contribution in [3.63, 3.8) is 0 Å². The molecule has 0 spiro atoms. The molecule has 5 nitrogen and oxygen atoms in total. The van der Waals surface area contributed by atoms with Crippen molar-refractivity contribution in [2.24, 2.45) is 5.41 Å². The second kappa shape index (κ2) is 6.01. The minimum absolute atomic E-state index is 0.101. The van der Waals surface area contributed by atoms with Crippen molar-refractivity contribution in [1.82, 2.24) is 20.1 Å². The van der Waals surface area contributed by atoms with Gasteiger partial charge in [0.2, 0.25) is 0 Å². The lowest BCUT2D eigenvalue weighted by Gasteiger charge is -2.24. The predicted octanol–water partition coefficient (Wildman–Crippen LogP) is 1.67. The summed E-state index contributed by atoms with van der Waals surface area (Å²) in [5.41, 5.74) is -0.101. The molecule has 2 rings (SSSR count). The molecule has 0 aromatic carbocycles. The van der Waals surface area contributed by atoms with Gasteiger partial charge in [-0.1, -0.05) is 20.3 Å². The molecule has 108 valence electrons. The average molecular weight is 266 g/mol. The van der Waals surface area contributed by atoms with Crippen LogP contribution in [0.2, 0.25) is 0 Å². The van der Waals surface area contributed by atoms with Gasteiger partial charge in [0.15, 0.2) is 0 Å². The van der Waals surface area contributed by atoms with Crippen molar-refractivity contribution in [3.05, 3.63) is 11.6 Å². The van der Waals surface area contributed by atoms with Gasteiger partial charge in [0, 0.05) is 31.5 Å². The number of aliphatic hydroxyl groups is 1. The summed E-state index contributed by atoms with van der Waals surface area (Å²) in [4.78, 5) is 0. The first-order chi connectivity index (χ1) is 9.03. The lowest BCUT2D eigenvalue weighted by molar-refractivity contribution is 0.153. The Kier molecular flexibility index (Phi) is 4.58. The van der Waals surface area contributed by atoms with E-state index in [1.807, 2.05) is 0 Å². The first kappa shape index (κ1) is 14.5. The van der Waals surface area contributed by atoms with Crippen molar-refractivity contribution < 1.29 is 5.11 Å². The first-order valence-corrected chi connectivity index (χ1v) is 7.30. The van der Waals surface area contributed by atoms with Gasteiger partial charge >= 0.3 is 0 Å². The quantitative estimate of drug-likeness (QED) is 0.851. The van der Waals surface area contributed by atoms with Crippen molar-refractivity contribution in [2.75, 3.05) is 13.2 Å². The lowest BCUT2D eigenvalue weighted by Crippen LogP contribution is -2.34. The van der Waals surface area contributed by atoms with Crippen LogP contribution < -0.4 is 5.32 Å². The summed E-state index contributed by atoms with van der Waals surface area (Å²) < 4.78 is 2.27. The molecule has 1 atom stereocenters. The third-order valence-electron chi connectivity index (χ3n) is 3.84. The zero-order valence-electron chi connectivity index (χ0n) is 12.3. The van der Waals surface area contributed by atoms with Crippen LogP contribution in [0.4, 0.5) is 0 Å². The Bertz CT molecular complexity index is 414. The van der Waals surface area contributed by atoms with Gasteiger partial charge in [0.1, 0.15) is 11.6 Å². The number of aryl methyl sites for hydroxylation is 1. The molecular weight excluding hydrogens is 240 g/mol. The SMILES string of the molecule is CC(NCC(C)(C)CO)c1nnc2n1CCCCC2. The molecule has 5 heteroatoms. The van der Waals surface area contributed by atoms with Crippen LogP contribution in [0.5, 0.6) is 0 Å². The Balaban J connectivity index is 2.03. The summed E-state index contributed by atoms with van der Waals surface area (Å²) in [6, 6.07) is 0.171. The van der Waals surface area contributed by atoms with Crippen LogP contribution in [0.25, 0.3) is 0 Å². The van der Waals surface area contributed by atoms with Crippen LogP contribution in [0.1, 0.15) is 57.7 Å². The monoisotopic (exact) mass is 266 g/mol. The highest BCUT2D eigenvalue weighted by Gasteiger charge is 2.22. The van der Waals surface area contributed by atoms with E-state index in [0.717, 1.165) is 31.2 Å². The van der Waals surface area contributed by atoms with E-state index in [-0.39, 0.29) is 18.1 Å². The Morgan fingerprint density at radius 1 is 1.32 bits per heavy atom. The van der Waals surface area contributed by atoms with Crippen LogP contribution in [0.15, 0.2) is 0 Å². The Hall–Kier alpha value is -0.940. The molecule has 0 aliphatic carbocycles. The maximum Gasteiger partial charge on any atom is 0.149 e. The van der Waals surface area contributed by atoms with Crippen LogP contribution in [0, 0.1) is 5.41 Å². The number of nitrogens with one attached hydrogen (secondary N) is 1. The van der Waals surface area contributed by atoms with Crippen molar-refractivity contribution in [1.29, 1.82) is 0 Å². The van der Waals surface area contributed by atoms with Gasteiger partial charge in [-0.05, 0) is 19.8 Å². The van der Waals surface area contributed by atoms with Gasteiger partial charge in [-0.25, -0.2) is 0 Å². The molecular formula is C14H26N4O. The number of hydrogen-bond acceptors (Lipinski definition) is 4. The summed E-state index contributed by atoms with van der Waals surface area (Å²) >= 11 is 0. The highest BCUT2D eigenvalue weighted by atomic mass is 16.3. The van der Waals surface area contributed by atoms with Crippen molar-refractivity contribution in [3.8, 4) is 0 Å². The Morgan fingerprint density at radius 3 is 2.84 bits per heavy atom. The van der Waals surface area contributed by atoms with E-state index in [1.165, 1.54) is 19.3 Å². The standard InChI is InChI=1S/C14H26N4O/c1-11(15-9-14(2,3)10-19)13-17-16-12-7-5-4-6-8-18(12)13/h11,15,19H,4-10H2,1-3H3. The molecule has 0 fully saturated rings. The van der Waals surface area contributed by atoms with Gasteiger partial charge in [-0.15, -0.1) is 10.2 Å². The van der Waals surface area contributed by atoms with Gasteiger partial charge in [0.25, 0.3) is 0 Å². The van der Waals surface area contributed by atoms with Crippen LogP contribution in [-0.2, 0) is 13.0 Å². The van der Waals surface area contributed by atoms with Gasteiger partial charge in [-0.2, -0.15) is 0 Å². The van der Waals surface area contributed by atoms with Gasteiger partial charge < -0.3 is 15.0 Å². The summed E-state index contributed by atoms with van der Waals surface area (Å²) in [5, 5.41) is 21.4. The molecule has 0 amide bonds. The lowest BCUT2D eigenvalue weighted by atomic mass is 9.94. The number of aliphatic hydroxyl groups excluding tert-OH is 1. The molecule has 2 heterocycles. The molecule has 0 saturated carbocycles. The summed E-state index contributed by atoms with van der Waals surface area (Å²) in [6.07, 6.45) is 4.76. The first-order valence-electron chi connectivity index (χ1n) is 7.30. The number of nitrogens with zero attached hydrogens (tertiary/aromatic N) is 3. The van der Waals surface area contributed by atoms with Crippen LogP contribution in [0.3, 0.4) is 0 Å². The topological polar surface area (TPSA) is 63.0 Å². The molecule has 0 radical (unpaired) electrons. The van der Waals surface area contributed by atoms with E-state index in [0.29, 0.717) is 0 Å². The molecule has 0 saturated heterocycles. The summed E-state index contributed by atoms with van der Waals surface area (Å²) in [7, 11) is 0. The minimum Gasteiger partial charge on any atom is -0.396 e. The minimum atomic E-state index is -0.101. The maximum atomic E-state index is 9.29. The molecule has 2 N–H and O–H groups in total. The zero-order valence-corrected chi connectivity index (χ0v) is 12.3. The fourth-order valence-corrected chi connectivity index (χ4v) is 2.40. The Labute approximate surface area is 115 Å². The smallest absolute Gasteiger partial charge is 0.149 e. The normalized spacial score (nSPS) is 17.9. The molecule has 19 heavy (non-hydrogen) atoms. The van der Waals surface area contributed by atoms with Crippen molar-refractivity contribution in [2.45, 2.75) is 59.0 Å². The van der Waals surface area contributed by atoms with Gasteiger partial charge in [0.05, 0.1) is 6.04 Å². The molecule has 1 aromatic rings. The van der Waals surface area contributed by atoms with E-state index < -0.39 is 0 Å². The maximum absolute atomic E-state index is 9.29. The van der Waals surface area contributed by atoms with Gasteiger partial charge in [-0.3, -0.25) is 0 Å². The average Bonchev–Trinajstić information content (AvgIpc) is 2.65. The molecule has 1 aromatic heterocycles. The third-order valence-corrected chi connectivity index (χ3v) is 3.84. The van der Waals surface area contributed by atoms with Crippen LogP contribution in [-0.4, -0.2) is 33.0 Å². The van der Waals surface area contributed by atoms with E-state index in [2.05, 4.69) is 40.9 Å². The second-order valence-electron chi connectivity index (χ2n) is 6.36. The predicted molar refractivity (Wildman–Crippen MR) is 74.9 cm³/mol. The summed E-state index contributed by atoms with van der Waals surface area (Å²) in [6.45, 7) is 8.22. The number of aromatic nitrogens is 3. The molecule has 1 aliphatic heterocycles. The molecule has 1 aliphatic rings. The van der Waals surface area contributed by atoms with E-state index in [4.69, 9.17) is 0 Å². The number of rotatable bonds is 5. The second-order valence-corrected chi connectivity index (χ2v) is 6.36. The molecule has 1 unspecified atom stereocenters. The fraction of sp³-hybridized carbons (Fsp3) is 0.857. The summed E-state index contributed by atoms with van der Waals surface area (Å²) in [5.74, 6) is 2.16. The number of hydrogen-bond donors (Lipinski definition) is 2. The largest absolute Gasteiger partial charge is 0.396 e. The highest BCUT2D eigenvalue weighted by molar-refractivity contribution is 5.02.